The van der Waals surface area contributed by atoms with Crippen LogP contribution in [0, 0.1) is 0 Å². The molecule has 0 radical (unpaired) electrons. The predicted octanol–water partition coefficient (Wildman–Crippen LogP) is 2.05. The third kappa shape index (κ3) is 3.51. The minimum Gasteiger partial charge on any atom is -0.476 e. The maximum absolute atomic E-state index is 12.7. The molecule has 4 rings (SSSR count). The lowest BCUT2D eigenvalue weighted by molar-refractivity contribution is -0.129. The first-order chi connectivity index (χ1) is 14.3. The highest BCUT2D eigenvalue weighted by molar-refractivity contribution is 6.02. The molecule has 0 aliphatic carbocycles. The van der Waals surface area contributed by atoms with Gasteiger partial charge in [-0.3, -0.25) is 14.3 Å². The molecule has 0 spiro atoms. The van der Waals surface area contributed by atoms with Crippen molar-refractivity contribution in [2.45, 2.75) is 51.8 Å². The van der Waals surface area contributed by atoms with E-state index in [-0.39, 0.29) is 18.4 Å². The average molecular weight is 412 g/mol. The van der Waals surface area contributed by atoms with Gasteiger partial charge in [-0.15, -0.1) is 0 Å². The summed E-state index contributed by atoms with van der Waals surface area (Å²) < 4.78 is 12.5. The number of methoxy groups -OCH3 is 1. The van der Waals surface area contributed by atoms with Crippen LogP contribution in [0.1, 0.15) is 58.8 Å². The first-order valence-corrected chi connectivity index (χ1v) is 9.90. The number of carbonyl (C=O) groups is 3. The summed E-state index contributed by atoms with van der Waals surface area (Å²) in [4.78, 5) is 37.0. The van der Waals surface area contributed by atoms with Crippen molar-refractivity contribution in [2.24, 2.45) is 0 Å². The van der Waals surface area contributed by atoms with Crippen molar-refractivity contribution in [3.8, 4) is 5.75 Å². The lowest BCUT2D eigenvalue weighted by atomic mass is 10.0. The molecule has 1 aromatic carbocycles. The van der Waals surface area contributed by atoms with Crippen LogP contribution in [0.15, 0.2) is 18.2 Å². The number of benzene rings is 1. The minimum absolute atomic E-state index is 0.101. The number of aryl methyl sites for hydroxylation is 1. The zero-order chi connectivity index (χ0) is 21.5. The second-order valence-electron chi connectivity index (χ2n) is 7.90. The van der Waals surface area contributed by atoms with Gasteiger partial charge in [0.2, 0.25) is 0 Å². The third-order valence-electron chi connectivity index (χ3n) is 5.37. The highest BCUT2D eigenvalue weighted by atomic mass is 16.5. The van der Waals surface area contributed by atoms with Crippen LogP contribution in [0.4, 0.5) is 5.69 Å². The average Bonchev–Trinajstić information content (AvgIpc) is 3.10. The summed E-state index contributed by atoms with van der Waals surface area (Å²) in [5.41, 5.74) is 1.67. The number of nitrogens with one attached hydrogen (secondary N) is 2. The van der Waals surface area contributed by atoms with Crippen molar-refractivity contribution in [1.82, 2.24) is 15.1 Å². The number of esters is 1. The number of hydrogen-bond acceptors (Lipinski definition) is 6. The van der Waals surface area contributed by atoms with Crippen molar-refractivity contribution in [3.63, 3.8) is 0 Å². The van der Waals surface area contributed by atoms with Gasteiger partial charge in [0.05, 0.1) is 30.7 Å². The fraction of sp³-hybridized carbons (Fsp3) is 0.429. The van der Waals surface area contributed by atoms with Crippen LogP contribution in [0.3, 0.4) is 0 Å². The van der Waals surface area contributed by atoms with Crippen LogP contribution in [0.25, 0.3) is 0 Å². The van der Waals surface area contributed by atoms with Gasteiger partial charge in [0, 0.05) is 12.1 Å². The van der Waals surface area contributed by atoms with Gasteiger partial charge in [-0.25, -0.2) is 4.79 Å². The standard InChI is InChI=1S/C21H24N4O5/c1-21(2)20(28)23-13-8-7-12(10-16(13)30-21)18(26)22-11-14-17(19(27)29-3)15-6-4-5-9-25(15)24-14/h7-8,10H,4-6,9,11H2,1-3H3,(H,22,26)(H,23,28). The highest BCUT2D eigenvalue weighted by Gasteiger charge is 2.35. The molecule has 0 fully saturated rings. The molecule has 0 bridgehead atoms. The van der Waals surface area contributed by atoms with E-state index in [0.29, 0.717) is 28.3 Å². The SMILES string of the molecule is COC(=O)c1c(CNC(=O)c2ccc3c(c2)OC(C)(C)C(=O)N3)nn2c1CCCC2. The fourth-order valence-corrected chi connectivity index (χ4v) is 3.72. The Hall–Kier alpha value is -3.36. The number of nitrogens with zero attached hydrogens (tertiary/aromatic N) is 2. The van der Waals surface area contributed by atoms with Crippen molar-refractivity contribution in [1.29, 1.82) is 0 Å². The normalized spacial score (nSPS) is 16.6. The van der Waals surface area contributed by atoms with Crippen molar-refractivity contribution < 1.29 is 23.9 Å². The number of aromatic nitrogens is 2. The van der Waals surface area contributed by atoms with Crippen molar-refractivity contribution in [2.75, 3.05) is 12.4 Å². The smallest absolute Gasteiger partial charge is 0.341 e. The van der Waals surface area contributed by atoms with Gasteiger partial charge >= 0.3 is 5.97 Å². The Labute approximate surface area is 173 Å². The largest absolute Gasteiger partial charge is 0.476 e. The number of rotatable bonds is 4. The summed E-state index contributed by atoms with van der Waals surface area (Å²) in [5, 5.41) is 10.1. The molecule has 2 aliphatic rings. The van der Waals surface area contributed by atoms with E-state index in [4.69, 9.17) is 9.47 Å². The zero-order valence-electron chi connectivity index (χ0n) is 17.2. The molecule has 158 valence electrons. The Morgan fingerprint density at radius 2 is 2.13 bits per heavy atom. The van der Waals surface area contributed by atoms with Crippen LogP contribution in [0.5, 0.6) is 5.75 Å². The molecular weight excluding hydrogens is 388 g/mol. The maximum Gasteiger partial charge on any atom is 0.341 e. The van der Waals surface area contributed by atoms with E-state index < -0.39 is 11.6 Å². The Bertz CT molecular complexity index is 1040. The van der Waals surface area contributed by atoms with E-state index in [2.05, 4.69) is 15.7 Å². The number of fused-ring (bicyclic) bond motifs is 2. The second-order valence-corrected chi connectivity index (χ2v) is 7.90. The first-order valence-electron chi connectivity index (χ1n) is 9.90. The van der Waals surface area contributed by atoms with Gasteiger partial charge in [0.25, 0.3) is 11.8 Å². The van der Waals surface area contributed by atoms with Crippen LogP contribution in [-0.2, 0) is 29.0 Å². The molecule has 9 heteroatoms. The summed E-state index contributed by atoms with van der Waals surface area (Å²) in [6.45, 7) is 4.17. The van der Waals surface area contributed by atoms with E-state index in [1.165, 1.54) is 7.11 Å². The summed E-state index contributed by atoms with van der Waals surface area (Å²) >= 11 is 0. The van der Waals surface area contributed by atoms with Gasteiger partial charge in [0.15, 0.2) is 5.60 Å². The van der Waals surface area contributed by atoms with Gasteiger partial charge in [-0.2, -0.15) is 5.10 Å². The highest BCUT2D eigenvalue weighted by Crippen LogP contribution is 2.34. The van der Waals surface area contributed by atoms with Crippen molar-refractivity contribution >= 4 is 23.5 Å². The van der Waals surface area contributed by atoms with E-state index in [1.54, 1.807) is 32.0 Å². The molecule has 9 nitrogen and oxygen atoms in total. The molecule has 2 N–H and O–H groups in total. The van der Waals surface area contributed by atoms with Gasteiger partial charge in [0.1, 0.15) is 11.3 Å². The maximum atomic E-state index is 12.7. The molecule has 0 saturated carbocycles. The Morgan fingerprint density at radius 1 is 1.33 bits per heavy atom. The molecule has 0 saturated heterocycles. The molecular formula is C21H24N4O5. The Morgan fingerprint density at radius 3 is 2.90 bits per heavy atom. The third-order valence-corrected chi connectivity index (χ3v) is 5.37. The number of hydrogen-bond donors (Lipinski definition) is 2. The summed E-state index contributed by atoms with van der Waals surface area (Å²) in [6.07, 6.45) is 2.75. The van der Waals surface area contributed by atoms with Gasteiger partial charge < -0.3 is 20.1 Å². The van der Waals surface area contributed by atoms with Crippen LogP contribution < -0.4 is 15.4 Å². The van der Waals surface area contributed by atoms with Gasteiger partial charge in [-0.05, 0) is 51.3 Å². The van der Waals surface area contributed by atoms with Gasteiger partial charge in [-0.1, -0.05) is 0 Å². The van der Waals surface area contributed by atoms with Crippen molar-refractivity contribution in [3.05, 3.63) is 40.7 Å². The predicted molar refractivity (Wildman–Crippen MR) is 107 cm³/mol. The van der Waals surface area contributed by atoms with E-state index in [1.807, 2.05) is 4.68 Å². The lowest BCUT2D eigenvalue weighted by Crippen LogP contribution is -2.45. The lowest BCUT2D eigenvalue weighted by Gasteiger charge is -2.31. The van der Waals surface area contributed by atoms with E-state index in [0.717, 1.165) is 31.5 Å². The summed E-state index contributed by atoms with van der Waals surface area (Å²) in [7, 11) is 1.34. The van der Waals surface area contributed by atoms with Crippen LogP contribution in [-0.4, -0.2) is 40.3 Å². The number of carbonyl (C=O) groups excluding carboxylic acids is 3. The first kappa shape index (κ1) is 19.9. The quantitative estimate of drug-likeness (QED) is 0.744. The monoisotopic (exact) mass is 412 g/mol. The van der Waals surface area contributed by atoms with Crippen LogP contribution in [0.2, 0.25) is 0 Å². The topological polar surface area (TPSA) is 112 Å². The molecule has 3 heterocycles. The van der Waals surface area contributed by atoms with E-state index in [9.17, 15) is 14.4 Å². The molecule has 0 unspecified atom stereocenters. The summed E-state index contributed by atoms with van der Waals surface area (Å²) in [6, 6.07) is 4.83. The second kappa shape index (κ2) is 7.47. The number of amides is 2. The summed E-state index contributed by atoms with van der Waals surface area (Å²) in [5.74, 6) is -0.591. The molecule has 1 aromatic heterocycles. The molecule has 0 atom stereocenters. The Kier molecular flexibility index (Phi) is 4.97. The molecule has 30 heavy (non-hydrogen) atoms. The van der Waals surface area contributed by atoms with E-state index >= 15 is 0 Å². The molecule has 2 amide bonds. The molecule has 2 aliphatic heterocycles. The number of ether oxygens (including phenoxy) is 2. The zero-order valence-corrected chi connectivity index (χ0v) is 17.2. The minimum atomic E-state index is -1.02. The Balaban J connectivity index is 1.53. The fourth-order valence-electron chi connectivity index (χ4n) is 3.72. The molecule has 2 aromatic rings. The number of anilines is 1. The van der Waals surface area contributed by atoms with Crippen LogP contribution >= 0.6 is 0 Å².